The molecule has 0 aliphatic carbocycles. The number of aryl methyl sites for hydroxylation is 1. The van der Waals surface area contributed by atoms with E-state index >= 15 is 0 Å². The van der Waals surface area contributed by atoms with E-state index in [0.29, 0.717) is 0 Å². The fraction of sp³-hybridized carbons (Fsp3) is 0.533. The Labute approximate surface area is 109 Å². The van der Waals surface area contributed by atoms with Crippen molar-refractivity contribution in [2.24, 2.45) is 11.1 Å². The van der Waals surface area contributed by atoms with Crippen molar-refractivity contribution in [1.82, 2.24) is 0 Å². The van der Waals surface area contributed by atoms with Crippen LogP contribution in [-0.4, -0.2) is 17.1 Å². The fourth-order valence-corrected chi connectivity index (χ4v) is 2.32. The lowest BCUT2D eigenvalue weighted by molar-refractivity contribution is -0.140. The zero-order valence-electron chi connectivity index (χ0n) is 11.2. The quantitative estimate of drug-likeness (QED) is 0.781. The summed E-state index contributed by atoms with van der Waals surface area (Å²) in [4.78, 5) is 11.0. The summed E-state index contributed by atoms with van der Waals surface area (Å²) in [6, 6.07) is 10.1. The smallest absolute Gasteiger partial charge is 0.303 e. The SMILES string of the molecule is CCC(N)C(C)(CCc1ccccc1)CC(=O)O. The summed E-state index contributed by atoms with van der Waals surface area (Å²) in [6.07, 6.45) is 2.62. The molecular weight excluding hydrogens is 226 g/mol. The normalized spacial score (nSPS) is 15.9. The highest BCUT2D eigenvalue weighted by Gasteiger charge is 2.32. The summed E-state index contributed by atoms with van der Waals surface area (Å²) in [5.74, 6) is -0.769. The van der Waals surface area contributed by atoms with Crippen LogP contribution in [0.15, 0.2) is 30.3 Å². The predicted octanol–water partition coefficient (Wildman–Crippen LogP) is 2.84. The maximum Gasteiger partial charge on any atom is 0.303 e. The Balaban J connectivity index is 2.70. The van der Waals surface area contributed by atoms with Crippen LogP contribution in [0.3, 0.4) is 0 Å². The monoisotopic (exact) mass is 249 g/mol. The van der Waals surface area contributed by atoms with Gasteiger partial charge >= 0.3 is 5.97 Å². The molecule has 1 aromatic carbocycles. The second-order valence-corrected chi connectivity index (χ2v) is 5.22. The Kier molecular flexibility index (Phi) is 5.35. The van der Waals surface area contributed by atoms with Gasteiger partial charge in [0.2, 0.25) is 0 Å². The van der Waals surface area contributed by atoms with Crippen molar-refractivity contribution in [3.05, 3.63) is 35.9 Å². The Morgan fingerprint density at radius 1 is 1.39 bits per heavy atom. The van der Waals surface area contributed by atoms with Crippen molar-refractivity contribution in [3.8, 4) is 0 Å². The number of carboxylic acid groups (broad SMARTS) is 1. The van der Waals surface area contributed by atoms with Crippen LogP contribution in [0.1, 0.15) is 38.7 Å². The average Bonchev–Trinajstić information content (AvgIpc) is 2.36. The Bertz CT molecular complexity index is 377. The van der Waals surface area contributed by atoms with E-state index < -0.39 is 5.97 Å². The van der Waals surface area contributed by atoms with Crippen molar-refractivity contribution in [2.45, 2.75) is 45.6 Å². The van der Waals surface area contributed by atoms with Crippen molar-refractivity contribution in [3.63, 3.8) is 0 Å². The number of carboxylic acids is 1. The zero-order valence-corrected chi connectivity index (χ0v) is 11.2. The number of rotatable bonds is 7. The number of nitrogens with two attached hydrogens (primary N) is 1. The van der Waals surface area contributed by atoms with Crippen molar-refractivity contribution in [2.75, 3.05) is 0 Å². The number of aliphatic carboxylic acids is 1. The van der Waals surface area contributed by atoms with Crippen LogP contribution in [0.4, 0.5) is 0 Å². The molecule has 100 valence electrons. The summed E-state index contributed by atoms with van der Waals surface area (Å²) in [6.45, 7) is 3.99. The third-order valence-corrected chi connectivity index (χ3v) is 3.72. The third kappa shape index (κ3) is 4.15. The summed E-state index contributed by atoms with van der Waals surface area (Å²) >= 11 is 0. The lowest BCUT2D eigenvalue weighted by Gasteiger charge is -2.34. The van der Waals surface area contributed by atoms with Gasteiger partial charge in [-0.05, 0) is 30.2 Å². The molecule has 0 amide bonds. The molecule has 0 aliphatic heterocycles. The number of carbonyl (C=O) groups is 1. The molecular formula is C15H23NO2. The van der Waals surface area contributed by atoms with Crippen molar-refractivity contribution < 1.29 is 9.90 Å². The fourth-order valence-electron chi connectivity index (χ4n) is 2.32. The topological polar surface area (TPSA) is 63.3 Å². The molecule has 0 bridgehead atoms. The van der Waals surface area contributed by atoms with E-state index in [-0.39, 0.29) is 17.9 Å². The van der Waals surface area contributed by atoms with Gasteiger partial charge in [-0.1, -0.05) is 44.2 Å². The van der Waals surface area contributed by atoms with Gasteiger partial charge in [0.15, 0.2) is 0 Å². The lowest BCUT2D eigenvalue weighted by Crippen LogP contribution is -2.41. The van der Waals surface area contributed by atoms with Crippen LogP contribution >= 0.6 is 0 Å². The number of hydrogen-bond donors (Lipinski definition) is 2. The summed E-state index contributed by atoms with van der Waals surface area (Å²) in [7, 11) is 0. The molecule has 18 heavy (non-hydrogen) atoms. The molecule has 0 saturated carbocycles. The van der Waals surface area contributed by atoms with Crippen molar-refractivity contribution in [1.29, 1.82) is 0 Å². The van der Waals surface area contributed by atoms with E-state index in [0.717, 1.165) is 19.3 Å². The molecule has 2 atom stereocenters. The van der Waals surface area contributed by atoms with Crippen LogP contribution in [0.2, 0.25) is 0 Å². The minimum atomic E-state index is -0.769. The first-order valence-corrected chi connectivity index (χ1v) is 6.49. The molecule has 3 heteroatoms. The summed E-state index contributed by atoms with van der Waals surface area (Å²) in [5, 5.41) is 9.04. The van der Waals surface area contributed by atoms with Crippen molar-refractivity contribution >= 4 is 5.97 Å². The van der Waals surface area contributed by atoms with Gasteiger partial charge in [-0.25, -0.2) is 0 Å². The largest absolute Gasteiger partial charge is 0.481 e. The first-order chi connectivity index (χ1) is 8.48. The van der Waals surface area contributed by atoms with Gasteiger partial charge in [0, 0.05) is 6.04 Å². The number of benzene rings is 1. The molecule has 0 spiro atoms. The molecule has 0 saturated heterocycles. The average molecular weight is 249 g/mol. The highest BCUT2D eigenvalue weighted by Crippen LogP contribution is 2.32. The van der Waals surface area contributed by atoms with E-state index in [2.05, 4.69) is 12.1 Å². The Morgan fingerprint density at radius 3 is 2.50 bits per heavy atom. The maximum atomic E-state index is 11.0. The minimum Gasteiger partial charge on any atom is -0.481 e. The molecule has 1 aromatic rings. The van der Waals surface area contributed by atoms with Crippen LogP contribution < -0.4 is 5.73 Å². The first kappa shape index (κ1) is 14.7. The molecule has 0 radical (unpaired) electrons. The molecule has 1 rings (SSSR count). The predicted molar refractivity (Wildman–Crippen MR) is 73.4 cm³/mol. The maximum absolute atomic E-state index is 11.0. The van der Waals surface area contributed by atoms with Gasteiger partial charge in [0.05, 0.1) is 6.42 Å². The molecule has 0 aliphatic rings. The van der Waals surface area contributed by atoms with Gasteiger partial charge in [-0.3, -0.25) is 4.79 Å². The second-order valence-electron chi connectivity index (χ2n) is 5.22. The molecule has 3 nitrogen and oxygen atoms in total. The molecule has 0 heterocycles. The highest BCUT2D eigenvalue weighted by molar-refractivity contribution is 5.67. The summed E-state index contributed by atoms with van der Waals surface area (Å²) < 4.78 is 0. The third-order valence-electron chi connectivity index (χ3n) is 3.72. The highest BCUT2D eigenvalue weighted by atomic mass is 16.4. The van der Waals surface area contributed by atoms with E-state index in [1.54, 1.807) is 0 Å². The van der Waals surface area contributed by atoms with E-state index in [9.17, 15) is 4.79 Å². The Hall–Kier alpha value is -1.35. The first-order valence-electron chi connectivity index (χ1n) is 6.49. The van der Waals surface area contributed by atoms with E-state index in [1.807, 2.05) is 32.0 Å². The van der Waals surface area contributed by atoms with Gasteiger partial charge in [0.25, 0.3) is 0 Å². The molecule has 3 N–H and O–H groups in total. The van der Waals surface area contributed by atoms with E-state index in [1.165, 1.54) is 5.56 Å². The van der Waals surface area contributed by atoms with Crippen LogP contribution in [0.5, 0.6) is 0 Å². The second kappa shape index (κ2) is 6.55. The van der Waals surface area contributed by atoms with Gasteiger partial charge in [0.1, 0.15) is 0 Å². The summed E-state index contributed by atoms with van der Waals surface area (Å²) in [5.41, 5.74) is 7.00. The molecule has 0 fully saturated rings. The molecule has 2 unspecified atom stereocenters. The van der Waals surface area contributed by atoms with Gasteiger partial charge in [-0.15, -0.1) is 0 Å². The Morgan fingerprint density at radius 2 is 2.00 bits per heavy atom. The standard InChI is InChI=1S/C15H23NO2/c1-3-13(16)15(2,11-14(17)18)10-9-12-7-5-4-6-8-12/h4-8,13H,3,9-11,16H2,1-2H3,(H,17,18). The zero-order chi connectivity index (χ0) is 13.6. The van der Waals surface area contributed by atoms with E-state index in [4.69, 9.17) is 10.8 Å². The molecule has 0 aromatic heterocycles. The van der Waals surface area contributed by atoms with Crippen LogP contribution in [-0.2, 0) is 11.2 Å². The van der Waals surface area contributed by atoms with Crippen LogP contribution in [0.25, 0.3) is 0 Å². The minimum absolute atomic E-state index is 0.0719. The van der Waals surface area contributed by atoms with Gasteiger partial charge < -0.3 is 10.8 Å². The van der Waals surface area contributed by atoms with Crippen LogP contribution in [0, 0.1) is 5.41 Å². The van der Waals surface area contributed by atoms with Gasteiger partial charge in [-0.2, -0.15) is 0 Å². The number of hydrogen-bond acceptors (Lipinski definition) is 2. The lowest BCUT2D eigenvalue weighted by atomic mass is 9.74.